The van der Waals surface area contributed by atoms with Crippen LogP contribution in [-0.2, 0) is 10.0 Å². The second-order valence-electron chi connectivity index (χ2n) is 4.53. The number of nitrogens with zero attached hydrogens (tertiary/aromatic N) is 2. The van der Waals surface area contributed by atoms with Gasteiger partial charge in [0.15, 0.2) is 0 Å². The van der Waals surface area contributed by atoms with Crippen molar-refractivity contribution in [1.82, 2.24) is 9.29 Å². The highest BCUT2D eigenvalue weighted by Crippen LogP contribution is 2.19. The van der Waals surface area contributed by atoms with E-state index in [1.807, 2.05) is 20.8 Å². The summed E-state index contributed by atoms with van der Waals surface area (Å²) in [6.07, 6.45) is 1.30. The Bertz CT molecular complexity index is 484. The van der Waals surface area contributed by atoms with Crippen LogP contribution >= 0.6 is 0 Å². The third kappa shape index (κ3) is 2.98. The SMILES string of the molecule is CC(C)C(C)N(C)S(=O)(=O)c1ccc(NN)nc1. The summed E-state index contributed by atoms with van der Waals surface area (Å²) in [5.41, 5.74) is 2.36. The van der Waals surface area contributed by atoms with Gasteiger partial charge in [-0.05, 0) is 25.0 Å². The Morgan fingerprint density at radius 1 is 1.33 bits per heavy atom. The number of hydrazine groups is 1. The van der Waals surface area contributed by atoms with E-state index in [0.29, 0.717) is 5.82 Å². The molecule has 1 aromatic rings. The second-order valence-corrected chi connectivity index (χ2v) is 6.53. The van der Waals surface area contributed by atoms with E-state index in [2.05, 4.69) is 10.4 Å². The Labute approximate surface area is 108 Å². The number of hydrogen-bond acceptors (Lipinski definition) is 5. The zero-order valence-electron chi connectivity index (χ0n) is 11.1. The minimum atomic E-state index is -3.51. The van der Waals surface area contributed by atoms with E-state index in [-0.39, 0.29) is 16.9 Å². The van der Waals surface area contributed by atoms with Crippen LogP contribution in [0.2, 0.25) is 0 Å². The van der Waals surface area contributed by atoms with E-state index < -0.39 is 10.0 Å². The summed E-state index contributed by atoms with van der Waals surface area (Å²) in [5.74, 6) is 5.85. The van der Waals surface area contributed by atoms with E-state index in [0.717, 1.165) is 0 Å². The Morgan fingerprint density at radius 3 is 2.33 bits per heavy atom. The zero-order valence-corrected chi connectivity index (χ0v) is 11.9. The third-order valence-corrected chi connectivity index (χ3v) is 5.03. The molecule has 0 aliphatic carbocycles. The van der Waals surface area contributed by atoms with Crippen molar-refractivity contribution in [2.75, 3.05) is 12.5 Å². The van der Waals surface area contributed by atoms with Crippen molar-refractivity contribution >= 4 is 15.8 Å². The normalized spacial score (nSPS) is 13.9. The molecule has 0 saturated heterocycles. The summed E-state index contributed by atoms with van der Waals surface area (Å²) in [4.78, 5) is 4.07. The largest absolute Gasteiger partial charge is 0.308 e. The molecule has 102 valence electrons. The van der Waals surface area contributed by atoms with Crippen molar-refractivity contribution in [3.8, 4) is 0 Å². The molecule has 7 heteroatoms. The van der Waals surface area contributed by atoms with Gasteiger partial charge in [0.2, 0.25) is 10.0 Å². The first kappa shape index (κ1) is 14.9. The highest BCUT2D eigenvalue weighted by atomic mass is 32.2. The highest BCUT2D eigenvalue weighted by molar-refractivity contribution is 7.89. The van der Waals surface area contributed by atoms with Gasteiger partial charge in [0.25, 0.3) is 0 Å². The third-order valence-electron chi connectivity index (χ3n) is 3.10. The molecule has 0 aromatic carbocycles. The molecular formula is C11H20N4O2S. The number of sulfonamides is 1. The fourth-order valence-corrected chi connectivity index (χ4v) is 2.86. The molecule has 1 aromatic heterocycles. The van der Waals surface area contributed by atoms with Crippen LogP contribution in [0, 0.1) is 5.92 Å². The van der Waals surface area contributed by atoms with Gasteiger partial charge in [-0.3, -0.25) is 0 Å². The predicted molar refractivity (Wildman–Crippen MR) is 71.3 cm³/mol. The average molecular weight is 272 g/mol. The number of anilines is 1. The molecule has 0 aliphatic heterocycles. The molecule has 1 unspecified atom stereocenters. The van der Waals surface area contributed by atoms with E-state index in [9.17, 15) is 8.42 Å². The first-order valence-corrected chi connectivity index (χ1v) is 7.15. The van der Waals surface area contributed by atoms with E-state index in [4.69, 9.17) is 5.84 Å². The molecule has 1 rings (SSSR count). The fraction of sp³-hybridized carbons (Fsp3) is 0.545. The van der Waals surface area contributed by atoms with Gasteiger partial charge in [0, 0.05) is 19.3 Å². The van der Waals surface area contributed by atoms with Crippen molar-refractivity contribution in [3.63, 3.8) is 0 Å². The average Bonchev–Trinajstić information content (AvgIpc) is 2.36. The van der Waals surface area contributed by atoms with Gasteiger partial charge in [0.05, 0.1) is 0 Å². The molecule has 0 amide bonds. The minimum absolute atomic E-state index is 0.0812. The molecule has 0 radical (unpaired) electrons. The number of rotatable bonds is 5. The molecular weight excluding hydrogens is 252 g/mol. The van der Waals surface area contributed by atoms with Crippen molar-refractivity contribution in [2.24, 2.45) is 11.8 Å². The maximum atomic E-state index is 12.3. The van der Waals surface area contributed by atoms with Gasteiger partial charge < -0.3 is 5.43 Å². The van der Waals surface area contributed by atoms with E-state index >= 15 is 0 Å². The molecule has 3 N–H and O–H groups in total. The van der Waals surface area contributed by atoms with Crippen LogP contribution in [0.25, 0.3) is 0 Å². The van der Waals surface area contributed by atoms with Crippen LogP contribution in [0.1, 0.15) is 20.8 Å². The maximum Gasteiger partial charge on any atom is 0.244 e. The summed E-state index contributed by atoms with van der Waals surface area (Å²) in [6.45, 7) is 5.85. The van der Waals surface area contributed by atoms with Crippen LogP contribution in [0.3, 0.4) is 0 Å². The summed E-state index contributed by atoms with van der Waals surface area (Å²) in [6, 6.07) is 2.93. The summed E-state index contributed by atoms with van der Waals surface area (Å²) in [5, 5.41) is 0. The quantitative estimate of drug-likeness (QED) is 0.617. The van der Waals surface area contributed by atoms with Crippen LogP contribution in [0.15, 0.2) is 23.2 Å². The van der Waals surface area contributed by atoms with Crippen LogP contribution in [0.5, 0.6) is 0 Å². The van der Waals surface area contributed by atoms with Crippen LogP contribution in [0.4, 0.5) is 5.82 Å². The lowest BCUT2D eigenvalue weighted by atomic mass is 10.1. The van der Waals surface area contributed by atoms with Crippen molar-refractivity contribution in [3.05, 3.63) is 18.3 Å². The van der Waals surface area contributed by atoms with Gasteiger partial charge in [-0.15, -0.1) is 0 Å². The summed E-state index contributed by atoms with van der Waals surface area (Å²) < 4.78 is 26.0. The summed E-state index contributed by atoms with van der Waals surface area (Å²) in [7, 11) is -1.93. The smallest absolute Gasteiger partial charge is 0.244 e. The molecule has 0 bridgehead atoms. The van der Waals surface area contributed by atoms with Gasteiger partial charge in [-0.25, -0.2) is 19.2 Å². The molecule has 0 fully saturated rings. The molecule has 1 heterocycles. The van der Waals surface area contributed by atoms with Crippen LogP contribution < -0.4 is 11.3 Å². The lowest BCUT2D eigenvalue weighted by Crippen LogP contribution is -2.38. The number of nitrogen functional groups attached to an aromatic ring is 1. The maximum absolute atomic E-state index is 12.3. The highest BCUT2D eigenvalue weighted by Gasteiger charge is 2.27. The Morgan fingerprint density at radius 2 is 1.94 bits per heavy atom. The lowest BCUT2D eigenvalue weighted by molar-refractivity contribution is 0.315. The first-order chi connectivity index (χ1) is 8.30. The monoisotopic (exact) mass is 272 g/mol. The van der Waals surface area contributed by atoms with E-state index in [1.165, 1.54) is 22.6 Å². The lowest BCUT2D eigenvalue weighted by Gasteiger charge is -2.27. The number of nitrogens with one attached hydrogen (secondary N) is 1. The van der Waals surface area contributed by atoms with Crippen molar-refractivity contribution in [2.45, 2.75) is 31.7 Å². The fourth-order valence-electron chi connectivity index (χ4n) is 1.42. The van der Waals surface area contributed by atoms with Crippen molar-refractivity contribution < 1.29 is 8.42 Å². The number of hydrogen-bond donors (Lipinski definition) is 2. The Balaban J connectivity index is 3.05. The summed E-state index contributed by atoms with van der Waals surface area (Å²) >= 11 is 0. The van der Waals surface area contributed by atoms with Gasteiger partial charge in [-0.1, -0.05) is 13.8 Å². The topological polar surface area (TPSA) is 88.3 Å². The molecule has 0 aliphatic rings. The molecule has 0 spiro atoms. The van der Waals surface area contributed by atoms with Crippen LogP contribution in [-0.4, -0.2) is 30.8 Å². The molecule has 0 saturated carbocycles. The zero-order chi connectivity index (χ0) is 13.9. The second kappa shape index (κ2) is 5.64. The molecule has 6 nitrogen and oxygen atoms in total. The molecule has 1 atom stereocenters. The number of aromatic nitrogens is 1. The van der Waals surface area contributed by atoms with E-state index in [1.54, 1.807) is 7.05 Å². The van der Waals surface area contributed by atoms with Gasteiger partial charge in [-0.2, -0.15) is 4.31 Å². The standard InChI is InChI=1S/C11H20N4O2S/c1-8(2)9(3)15(4)18(16,17)10-5-6-11(14-12)13-7-10/h5-9H,12H2,1-4H3,(H,13,14). The first-order valence-electron chi connectivity index (χ1n) is 5.71. The Kier molecular flexibility index (Phi) is 4.66. The van der Waals surface area contributed by atoms with Gasteiger partial charge >= 0.3 is 0 Å². The predicted octanol–water partition coefficient (Wildman–Crippen LogP) is 1.03. The molecule has 18 heavy (non-hydrogen) atoms. The number of pyridine rings is 1. The number of nitrogens with two attached hydrogens (primary N) is 1. The Hall–Kier alpha value is -1.18. The minimum Gasteiger partial charge on any atom is -0.308 e. The van der Waals surface area contributed by atoms with Crippen molar-refractivity contribution in [1.29, 1.82) is 0 Å². The van der Waals surface area contributed by atoms with Gasteiger partial charge in [0.1, 0.15) is 10.7 Å².